The number of nitriles is 1. The molecule has 1 unspecified atom stereocenters. The highest BCUT2D eigenvalue weighted by Crippen LogP contribution is 2.32. The Balaban J connectivity index is 1.77. The summed E-state index contributed by atoms with van der Waals surface area (Å²) in [4.78, 5) is 4.70. The van der Waals surface area contributed by atoms with E-state index in [1.54, 1.807) is 36.5 Å². The number of ether oxygens (including phenoxy) is 2. The number of methoxy groups -OCH3 is 2. The molecule has 5 N–H and O–H groups in total. The first kappa shape index (κ1) is 23.2. The second-order valence-electron chi connectivity index (χ2n) is 7.85. The summed E-state index contributed by atoms with van der Waals surface area (Å²) >= 11 is 0. The molecule has 0 aliphatic heterocycles. The molecule has 9 nitrogen and oxygen atoms in total. The number of nitrogens with zero attached hydrogens (tertiary/aromatic N) is 3. The molecule has 1 aliphatic rings. The van der Waals surface area contributed by atoms with Crippen LogP contribution in [-0.2, 0) is 0 Å². The molecule has 0 amide bonds. The van der Waals surface area contributed by atoms with Crippen LogP contribution in [0.3, 0.4) is 0 Å². The summed E-state index contributed by atoms with van der Waals surface area (Å²) in [6.45, 7) is 0. The molecule has 1 atom stereocenters. The molecule has 1 aromatic carbocycles. The molecule has 1 fully saturated rings. The van der Waals surface area contributed by atoms with Crippen molar-refractivity contribution in [2.24, 2.45) is 10.9 Å². The molecule has 9 heteroatoms. The fourth-order valence-electron chi connectivity index (χ4n) is 3.90. The quantitative estimate of drug-likeness (QED) is 0.163. The van der Waals surface area contributed by atoms with Crippen molar-refractivity contribution in [2.45, 2.75) is 44.4 Å². The van der Waals surface area contributed by atoms with Gasteiger partial charge in [-0.15, -0.1) is 0 Å². The van der Waals surface area contributed by atoms with Gasteiger partial charge in [0.15, 0.2) is 0 Å². The third-order valence-corrected chi connectivity index (χ3v) is 5.77. The Hall–Kier alpha value is -3.51. The summed E-state index contributed by atoms with van der Waals surface area (Å²) in [5.41, 5.74) is 8.07. The highest BCUT2D eigenvalue weighted by molar-refractivity contribution is 5.90. The summed E-state index contributed by atoms with van der Waals surface area (Å²) < 4.78 is 11.2. The minimum absolute atomic E-state index is 0.185. The van der Waals surface area contributed by atoms with Crippen LogP contribution in [-0.4, -0.2) is 36.8 Å². The predicted molar refractivity (Wildman–Crippen MR) is 120 cm³/mol. The molecule has 1 heterocycles. The zero-order valence-corrected chi connectivity index (χ0v) is 18.4. The highest BCUT2D eigenvalue weighted by atomic mass is 16.5. The molecule has 170 valence electrons. The Morgan fingerprint density at radius 3 is 2.69 bits per heavy atom. The Morgan fingerprint density at radius 1 is 1.28 bits per heavy atom. The van der Waals surface area contributed by atoms with Crippen LogP contribution in [0.5, 0.6) is 11.6 Å². The number of aliphatic imine (C=N–C) groups is 1. The van der Waals surface area contributed by atoms with Crippen LogP contribution in [0.25, 0.3) is 0 Å². The second-order valence-corrected chi connectivity index (χ2v) is 7.85. The maximum atomic E-state index is 10.7. The molecular formula is C23H30N5O4+. The van der Waals surface area contributed by atoms with Gasteiger partial charge in [-0.25, -0.2) is 0 Å². The van der Waals surface area contributed by atoms with Crippen LogP contribution < -0.4 is 25.3 Å². The number of hydrogen-bond donors (Lipinski definition) is 4. The molecule has 0 radical (unpaired) electrons. The van der Waals surface area contributed by atoms with Crippen LogP contribution in [0, 0.1) is 17.2 Å². The van der Waals surface area contributed by atoms with E-state index in [1.807, 2.05) is 0 Å². The number of aliphatic hydroxyl groups excluding tert-OH is 1. The van der Waals surface area contributed by atoms with Crippen molar-refractivity contribution >= 4 is 17.6 Å². The lowest BCUT2D eigenvalue weighted by atomic mass is 9.85. The smallest absolute Gasteiger partial charge is 0.416 e. The SMILES string of the molecule is COc1cc(N)c(C=NC2CCC(CC#N)CC2)cc1NC(O)c1cccc(OC)[n+]1O. The maximum absolute atomic E-state index is 10.7. The minimum Gasteiger partial charge on any atom is -0.495 e. The highest BCUT2D eigenvalue weighted by Gasteiger charge is 2.25. The van der Waals surface area contributed by atoms with Gasteiger partial charge < -0.3 is 25.6 Å². The number of rotatable bonds is 8. The standard InChI is InChI=1S/C23H30N5O4/c1-31-21-13-18(25)16(14-26-17-8-6-15(7-9-17)10-11-24)12-19(21)27-23(29)20-4-3-5-22(32-2)28(20)30/h3-5,12-15,17,23,27,29-30H,6-10,25H2,1-2H3/q+1. The first-order valence-corrected chi connectivity index (χ1v) is 10.6. The van der Waals surface area contributed by atoms with E-state index in [0.29, 0.717) is 35.0 Å². The molecule has 1 aliphatic carbocycles. The summed E-state index contributed by atoms with van der Waals surface area (Å²) in [7, 11) is 2.94. The number of aliphatic hydroxyl groups is 1. The number of nitrogens with one attached hydrogen (secondary N) is 1. The van der Waals surface area contributed by atoms with E-state index in [1.165, 1.54) is 14.2 Å². The average Bonchev–Trinajstić information content (AvgIpc) is 2.80. The van der Waals surface area contributed by atoms with Crippen LogP contribution in [0.15, 0.2) is 35.3 Å². The van der Waals surface area contributed by atoms with Crippen LogP contribution >= 0.6 is 0 Å². The molecule has 32 heavy (non-hydrogen) atoms. The van der Waals surface area contributed by atoms with Gasteiger partial charge in [0.2, 0.25) is 6.23 Å². The number of aromatic nitrogens is 1. The molecule has 1 aromatic heterocycles. The van der Waals surface area contributed by atoms with Crippen molar-refractivity contribution in [2.75, 3.05) is 25.3 Å². The van der Waals surface area contributed by atoms with Crippen LogP contribution in [0.4, 0.5) is 11.4 Å². The van der Waals surface area contributed by atoms with E-state index in [0.717, 1.165) is 30.4 Å². The summed E-state index contributed by atoms with van der Waals surface area (Å²) in [6.07, 6.45) is 5.04. The van der Waals surface area contributed by atoms with Crippen molar-refractivity contribution in [3.63, 3.8) is 0 Å². The minimum atomic E-state index is -1.24. The lowest BCUT2D eigenvalue weighted by Gasteiger charge is -2.24. The second kappa shape index (κ2) is 10.7. The number of anilines is 2. The lowest BCUT2D eigenvalue weighted by Crippen LogP contribution is -2.39. The van der Waals surface area contributed by atoms with Gasteiger partial charge in [-0.1, -0.05) is 0 Å². The van der Waals surface area contributed by atoms with E-state index >= 15 is 0 Å². The van der Waals surface area contributed by atoms with E-state index in [9.17, 15) is 10.3 Å². The predicted octanol–water partition coefficient (Wildman–Crippen LogP) is 2.81. The Bertz CT molecular complexity index is 997. The van der Waals surface area contributed by atoms with Gasteiger partial charge in [0.1, 0.15) is 5.75 Å². The summed E-state index contributed by atoms with van der Waals surface area (Å²) in [6, 6.07) is 10.7. The van der Waals surface area contributed by atoms with Gasteiger partial charge in [-0.05, 0) is 43.7 Å². The number of benzene rings is 1. The third kappa shape index (κ3) is 5.39. The third-order valence-electron chi connectivity index (χ3n) is 5.77. The van der Waals surface area contributed by atoms with E-state index < -0.39 is 6.23 Å². The van der Waals surface area contributed by atoms with Crippen molar-refractivity contribution in [3.8, 4) is 17.7 Å². The monoisotopic (exact) mass is 440 g/mol. The average molecular weight is 441 g/mol. The van der Waals surface area contributed by atoms with E-state index in [2.05, 4.69) is 11.4 Å². The van der Waals surface area contributed by atoms with Gasteiger partial charge in [-0.2, -0.15) is 5.26 Å². The Kier molecular flexibility index (Phi) is 7.73. The van der Waals surface area contributed by atoms with Gasteiger partial charge in [0.05, 0.1) is 36.8 Å². The van der Waals surface area contributed by atoms with Gasteiger partial charge in [-0.3, -0.25) is 10.2 Å². The first-order chi connectivity index (χ1) is 15.5. The number of pyridine rings is 1. The van der Waals surface area contributed by atoms with Crippen LogP contribution in [0.1, 0.15) is 49.6 Å². The Morgan fingerprint density at radius 2 is 2.03 bits per heavy atom. The van der Waals surface area contributed by atoms with Crippen LogP contribution in [0.2, 0.25) is 0 Å². The zero-order chi connectivity index (χ0) is 23.1. The fraction of sp³-hybridized carbons (Fsp3) is 0.435. The van der Waals surface area contributed by atoms with Gasteiger partial charge in [0, 0.05) is 42.1 Å². The van der Waals surface area contributed by atoms with Crippen molar-refractivity contribution in [1.29, 1.82) is 5.26 Å². The van der Waals surface area contributed by atoms with E-state index in [4.69, 9.17) is 25.5 Å². The molecule has 1 saturated carbocycles. The molecule has 0 saturated heterocycles. The molecule has 0 spiro atoms. The first-order valence-electron chi connectivity index (χ1n) is 10.6. The Labute approximate surface area is 187 Å². The normalized spacial score (nSPS) is 19.3. The molecule has 3 rings (SSSR count). The molecular weight excluding hydrogens is 410 g/mol. The topological polar surface area (TPSA) is 137 Å². The van der Waals surface area contributed by atoms with Crippen molar-refractivity contribution < 1.29 is 24.5 Å². The van der Waals surface area contributed by atoms with E-state index in [-0.39, 0.29) is 17.6 Å². The van der Waals surface area contributed by atoms with Crippen molar-refractivity contribution in [1.82, 2.24) is 0 Å². The lowest BCUT2D eigenvalue weighted by molar-refractivity contribution is -0.912. The summed E-state index contributed by atoms with van der Waals surface area (Å²) in [5, 5.41) is 32.7. The summed E-state index contributed by atoms with van der Waals surface area (Å²) in [5.74, 6) is 1.11. The number of hydrogen-bond acceptors (Lipinski definition) is 8. The largest absolute Gasteiger partial charge is 0.495 e. The van der Waals surface area contributed by atoms with Gasteiger partial charge >= 0.3 is 5.88 Å². The maximum Gasteiger partial charge on any atom is 0.416 e. The number of nitrogen functional groups attached to an aromatic ring is 1. The molecule has 0 bridgehead atoms. The fourth-order valence-corrected chi connectivity index (χ4v) is 3.90. The van der Waals surface area contributed by atoms with Crippen molar-refractivity contribution in [3.05, 3.63) is 41.6 Å². The molecule has 2 aromatic rings. The zero-order valence-electron chi connectivity index (χ0n) is 18.4. The van der Waals surface area contributed by atoms with Gasteiger partial charge in [0.25, 0.3) is 5.69 Å². The number of nitrogens with two attached hydrogens (primary N) is 1.